The minimum Gasteiger partial charge on any atom is -0.493 e. The fraction of sp³-hybridized carbons (Fsp3) is 0.514. The molecule has 7 nitrogen and oxygen atoms in total. The minimum atomic E-state index is -1.05. The largest absolute Gasteiger partial charge is 0.493 e. The number of benzene rings is 2. The maximum absolute atomic E-state index is 12.8. The molecule has 1 saturated carbocycles. The summed E-state index contributed by atoms with van der Waals surface area (Å²) in [5.41, 5.74) is 4.62. The van der Waals surface area contributed by atoms with Gasteiger partial charge >= 0.3 is 5.97 Å². The van der Waals surface area contributed by atoms with Crippen molar-refractivity contribution >= 4 is 23.3 Å². The van der Waals surface area contributed by atoms with Crippen LogP contribution in [0.5, 0.6) is 17.2 Å². The SMILES string of the molecule is C[C@@H](COc1ccnc2c1[C@H](C)CC[C@H]2C)C[C@H]1Cc2cc3c(cc2C12CCC(Nc1cccc(Cl)c1)(C(=O)O)CC2)OCO3. The molecule has 3 aliphatic carbocycles. The number of halogens is 1. The Kier molecular flexibility index (Phi) is 7.87. The summed E-state index contributed by atoms with van der Waals surface area (Å²) in [5, 5.41) is 14.5. The number of carbonyl (C=O) groups is 1. The van der Waals surface area contributed by atoms with Crippen LogP contribution in [0.25, 0.3) is 0 Å². The first-order valence-electron chi connectivity index (χ1n) is 16.5. The van der Waals surface area contributed by atoms with E-state index in [4.69, 9.17) is 30.8 Å². The third kappa shape index (κ3) is 5.41. The van der Waals surface area contributed by atoms with Gasteiger partial charge in [0.25, 0.3) is 0 Å². The van der Waals surface area contributed by atoms with E-state index in [1.807, 2.05) is 24.4 Å². The van der Waals surface area contributed by atoms with E-state index in [1.165, 1.54) is 28.8 Å². The van der Waals surface area contributed by atoms with Crippen LogP contribution in [0.4, 0.5) is 5.69 Å². The molecule has 1 aromatic heterocycles. The number of anilines is 1. The topological polar surface area (TPSA) is 89.9 Å². The van der Waals surface area contributed by atoms with Crippen LogP contribution in [0.2, 0.25) is 5.02 Å². The van der Waals surface area contributed by atoms with Gasteiger partial charge < -0.3 is 24.6 Å². The van der Waals surface area contributed by atoms with Gasteiger partial charge in [-0.05, 0) is 128 Å². The number of aliphatic carboxylic acids is 1. The summed E-state index contributed by atoms with van der Waals surface area (Å²) in [7, 11) is 0. The lowest BCUT2D eigenvalue weighted by Crippen LogP contribution is -2.53. The molecule has 2 aromatic carbocycles. The lowest BCUT2D eigenvalue weighted by molar-refractivity contribution is -0.144. The quantitative estimate of drug-likeness (QED) is 0.258. The van der Waals surface area contributed by atoms with Crippen molar-refractivity contribution in [3.8, 4) is 17.2 Å². The number of aromatic nitrogens is 1. The third-order valence-electron chi connectivity index (χ3n) is 11.2. The molecule has 4 aliphatic rings. The van der Waals surface area contributed by atoms with Gasteiger partial charge in [-0.2, -0.15) is 0 Å². The molecule has 0 saturated heterocycles. The van der Waals surface area contributed by atoms with Gasteiger partial charge in [-0.3, -0.25) is 4.98 Å². The second-order valence-electron chi connectivity index (χ2n) is 14.1. The lowest BCUT2D eigenvalue weighted by Gasteiger charge is -2.47. The number of ether oxygens (including phenoxy) is 3. The molecule has 2 N–H and O–H groups in total. The lowest BCUT2D eigenvalue weighted by atomic mass is 9.59. The van der Waals surface area contributed by atoms with Crippen molar-refractivity contribution in [2.24, 2.45) is 11.8 Å². The van der Waals surface area contributed by atoms with E-state index in [-0.39, 0.29) is 12.2 Å². The highest BCUT2D eigenvalue weighted by atomic mass is 35.5. The molecule has 1 spiro atoms. The van der Waals surface area contributed by atoms with Crippen molar-refractivity contribution in [2.45, 2.75) is 94.9 Å². The summed E-state index contributed by atoms with van der Waals surface area (Å²) < 4.78 is 18.2. The molecule has 7 rings (SSSR count). The number of hydrogen-bond donors (Lipinski definition) is 2. The van der Waals surface area contributed by atoms with Crippen LogP contribution in [0.3, 0.4) is 0 Å². The second kappa shape index (κ2) is 11.7. The van der Waals surface area contributed by atoms with E-state index in [9.17, 15) is 9.90 Å². The standard InChI is InChI=1S/C37H43ClN2O5/c1-22(20-43-30-9-14-39-34-24(3)8-7-23(2)33(30)34)15-26-16-25-17-31-32(45-21-44-31)19-29(25)36(26)10-12-37(13-11-36,35(41)42)40-28-6-4-5-27(38)18-28/h4-6,9,14,17-19,22-24,26,40H,7-8,10-13,15-16,20-21H2,1-3H3,(H,41,42)/t22-,23-,24-,26+,36?,37?/m1/s1. The number of pyridine rings is 1. The Labute approximate surface area is 270 Å². The van der Waals surface area contributed by atoms with Gasteiger partial charge in [0.2, 0.25) is 6.79 Å². The Morgan fingerprint density at radius 3 is 2.60 bits per heavy atom. The van der Waals surface area contributed by atoms with Crippen LogP contribution in [0, 0.1) is 11.8 Å². The van der Waals surface area contributed by atoms with E-state index >= 15 is 0 Å². The van der Waals surface area contributed by atoms with Crippen molar-refractivity contribution in [1.29, 1.82) is 0 Å². The van der Waals surface area contributed by atoms with Gasteiger partial charge in [0.05, 0.1) is 12.3 Å². The predicted octanol–water partition coefficient (Wildman–Crippen LogP) is 8.49. The smallest absolute Gasteiger partial charge is 0.329 e. The van der Waals surface area contributed by atoms with Crippen molar-refractivity contribution in [1.82, 2.24) is 4.98 Å². The normalized spacial score (nSPS) is 28.8. The maximum Gasteiger partial charge on any atom is 0.329 e. The van der Waals surface area contributed by atoms with Crippen LogP contribution >= 0.6 is 11.6 Å². The van der Waals surface area contributed by atoms with Gasteiger partial charge in [0.1, 0.15) is 11.3 Å². The molecule has 0 amide bonds. The van der Waals surface area contributed by atoms with Crippen LogP contribution in [0.1, 0.15) is 99.9 Å². The summed E-state index contributed by atoms with van der Waals surface area (Å²) in [6, 6.07) is 13.7. The minimum absolute atomic E-state index is 0.140. The Bertz CT molecular complexity index is 1600. The maximum atomic E-state index is 12.8. The summed E-state index contributed by atoms with van der Waals surface area (Å²) in [6.45, 7) is 7.71. The zero-order chi connectivity index (χ0) is 31.3. The summed E-state index contributed by atoms with van der Waals surface area (Å²) in [4.78, 5) is 17.6. The van der Waals surface area contributed by atoms with E-state index in [1.54, 1.807) is 12.1 Å². The first-order valence-corrected chi connectivity index (χ1v) is 16.9. The molecule has 2 heterocycles. The molecular weight excluding hydrogens is 588 g/mol. The van der Waals surface area contributed by atoms with Gasteiger partial charge in [-0.25, -0.2) is 4.79 Å². The van der Waals surface area contributed by atoms with Crippen LogP contribution in [0.15, 0.2) is 48.7 Å². The molecule has 3 aromatic rings. The zero-order valence-electron chi connectivity index (χ0n) is 26.4. The van der Waals surface area contributed by atoms with Gasteiger partial charge in [0.15, 0.2) is 11.5 Å². The van der Waals surface area contributed by atoms with Crippen LogP contribution in [-0.2, 0) is 16.6 Å². The predicted molar refractivity (Wildman–Crippen MR) is 175 cm³/mol. The highest BCUT2D eigenvalue weighted by molar-refractivity contribution is 6.30. The van der Waals surface area contributed by atoms with Crippen molar-refractivity contribution < 1.29 is 24.1 Å². The van der Waals surface area contributed by atoms with E-state index in [0.717, 1.165) is 55.0 Å². The number of hydrogen-bond acceptors (Lipinski definition) is 6. The third-order valence-corrected chi connectivity index (χ3v) is 11.4. The first-order chi connectivity index (χ1) is 21.7. The van der Waals surface area contributed by atoms with Crippen LogP contribution < -0.4 is 19.5 Å². The van der Waals surface area contributed by atoms with E-state index in [2.05, 4.69) is 38.2 Å². The van der Waals surface area contributed by atoms with Crippen molar-refractivity contribution in [3.63, 3.8) is 0 Å². The fourth-order valence-electron chi connectivity index (χ4n) is 8.69. The van der Waals surface area contributed by atoms with E-state index < -0.39 is 11.5 Å². The summed E-state index contributed by atoms with van der Waals surface area (Å²) in [6.07, 6.45) is 8.73. The zero-order valence-corrected chi connectivity index (χ0v) is 27.2. The van der Waals surface area contributed by atoms with Gasteiger partial charge in [-0.15, -0.1) is 0 Å². The Morgan fingerprint density at radius 2 is 1.84 bits per heavy atom. The molecular formula is C37H43ClN2O5. The highest BCUT2D eigenvalue weighted by Crippen LogP contribution is 2.58. The van der Waals surface area contributed by atoms with Gasteiger partial charge in [0, 0.05) is 22.5 Å². The highest BCUT2D eigenvalue weighted by Gasteiger charge is 2.54. The Hall–Kier alpha value is -3.45. The van der Waals surface area contributed by atoms with Crippen LogP contribution in [-0.4, -0.2) is 35.0 Å². The molecule has 4 atom stereocenters. The Morgan fingerprint density at radius 1 is 1.09 bits per heavy atom. The molecule has 1 aliphatic heterocycles. The second-order valence-corrected chi connectivity index (χ2v) is 14.5. The monoisotopic (exact) mass is 630 g/mol. The molecule has 45 heavy (non-hydrogen) atoms. The molecule has 0 bridgehead atoms. The number of rotatable bonds is 8. The number of fused-ring (bicyclic) bond motifs is 4. The molecule has 8 heteroatoms. The van der Waals surface area contributed by atoms with Gasteiger partial charge in [-0.1, -0.05) is 38.4 Å². The number of nitrogens with one attached hydrogen (secondary N) is 1. The van der Waals surface area contributed by atoms with Crippen molar-refractivity contribution in [3.05, 3.63) is 76.1 Å². The molecule has 238 valence electrons. The Balaban J connectivity index is 1.13. The summed E-state index contributed by atoms with van der Waals surface area (Å²) in [5.74, 6) is 3.36. The molecule has 0 unspecified atom stereocenters. The fourth-order valence-corrected chi connectivity index (χ4v) is 8.88. The summed E-state index contributed by atoms with van der Waals surface area (Å²) >= 11 is 6.25. The number of carboxylic acids is 1. The first kappa shape index (κ1) is 30.2. The van der Waals surface area contributed by atoms with Crippen molar-refractivity contribution in [2.75, 3.05) is 18.7 Å². The molecule has 1 fully saturated rings. The molecule has 0 radical (unpaired) electrons. The number of nitrogens with zero attached hydrogens (tertiary/aromatic N) is 1. The van der Waals surface area contributed by atoms with E-state index in [0.29, 0.717) is 48.1 Å². The average Bonchev–Trinajstić information content (AvgIpc) is 3.59. The average molecular weight is 631 g/mol. The number of carboxylic acid groups (broad SMARTS) is 1.